The normalized spacial score (nSPS) is 14.6. The first kappa shape index (κ1) is 20.1. The van der Waals surface area contributed by atoms with Gasteiger partial charge < -0.3 is 14.8 Å². The molecule has 1 fully saturated rings. The summed E-state index contributed by atoms with van der Waals surface area (Å²) in [7, 11) is 0. The predicted molar refractivity (Wildman–Crippen MR) is 115 cm³/mol. The van der Waals surface area contributed by atoms with E-state index in [0.29, 0.717) is 54.2 Å². The summed E-state index contributed by atoms with van der Waals surface area (Å²) in [5, 5.41) is 0.794. The van der Waals surface area contributed by atoms with Gasteiger partial charge in [0.15, 0.2) is 0 Å². The van der Waals surface area contributed by atoms with Crippen LogP contribution in [-0.2, 0) is 0 Å². The van der Waals surface area contributed by atoms with E-state index in [9.17, 15) is 14.4 Å². The standard InChI is InChI=1S/C22H21ClN4O3/c1-14-7-8-16-19(28)17(13-24-20(16)25-14)22(30)27-10-4-9-26(11-12-27)21(29)15-5-2-3-6-18(15)23/h2-3,5-8,13H,4,9-12H2,1H3,(H,24,25,28). The van der Waals surface area contributed by atoms with Gasteiger partial charge in [-0.3, -0.25) is 14.4 Å². The zero-order valence-electron chi connectivity index (χ0n) is 16.5. The van der Waals surface area contributed by atoms with Crippen molar-refractivity contribution in [1.29, 1.82) is 0 Å². The first-order valence-corrected chi connectivity index (χ1v) is 10.2. The molecular formula is C22H21ClN4O3. The summed E-state index contributed by atoms with van der Waals surface area (Å²) in [4.78, 5) is 49.3. The summed E-state index contributed by atoms with van der Waals surface area (Å²) in [6.45, 7) is 3.55. The zero-order chi connectivity index (χ0) is 21.3. The Morgan fingerprint density at radius 2 is 1.63 bits per heavy atom. The van der Waals surface area contributed by atoms with Crippen LogP contribution in [0.4, 0.5) is 0 Å². The number of carbonyl (C=O) groups excluding carboxylic acids is 2. The van der Waals surface area contributed by atoms with E-state index in [-0.39, 0.29) is 22.8 Å². The number of nitrogens with zero attached hydrogens (tertiary/aromatic N) is 3. The van der Waals surface area contributed by atoms with Crippen molar-refractivity contribution in [3.05, 3.63) is 74.7 Å². The molecule has 0 aliphatic carbocycles. The number of amides is 2. The van der Waals surface area contributed by atoms with Crippen LogP contribution in [-0.4, -0.2) is 57.8 Å². The van der Waals surface area contributed by atoms with Crippen LogP contribution in [0.1, 0.15) is 32.8 Å². The third kappa shape index (κ3) is 3.80. The van der Waals surface area contributed by atoms with E-state index in [1.807, 2.05) is 6.92 Å². The minimum absolute atomic E-state index is 0.0824. The summed E-state index contributed by atoms with van der Waals surface area (Å²) in [6, 6.07) is 10.4. The Balaban J connectivity index is 1.53. The number of aromatic nitrogens is 2. The predicted octanol–water partition coefficient (Wildman–Crippen LogP) is 2.87. The van der Waals surface area contributed by atoms with Crippen molar-refractivity contribution in [1.82, 2.24) is 19.8 Å². The highest BCUT2D eigenvalue weighted by atomic mass is 35.5. The van der Waals surface area contributed by atoms with Crippen LogP contribution in [0.5, 0.6) is 0 Å². The van der Waals surface area contributed by atoms with Crippen LogP contribution >= 0.6 is 11.6 Å². The number of carbonyl (C=O) groups is 2. The first-order chi connectivity index (χ1) is 14.5. The molecule has 1 aliphatic rings. The molecule has 3 heterocycles. The molecular weight excluding hydrogens is 404 g/mol. The Morgan fingerprint density at radius 3 is 2.33 bits per heavy atom. The summed E-state index contributed by atoms with van der Waals surface area (Å²) < 4.78 is 0. The molecule has 0 atom stereocenters. The van der Waals surface area contributed by atoms with Crippen molar-refractivity contribution in [2.45, 2.75) is 13.3 Å². The third-order valence-electron chi connectivity index (χ3n) is 5.28. The number of rotatable bonds is 2. The van der Waals surface area contributed by atoms with Crippen LogP contribution in [0.2, 0.25) is 5.02 Å². The van der Waals surface area contributed by atoms with Crippen LogP contribution < -0.4 is 5.43 Å². The van der Waals surface area contributed by atoms with Gasteiger partial charge in [-0.1, -0.05) is 23.7 Å². The fourth-order valence-electron chi connectivity index (χ4n) is 3.66. The summed E-state index contributed by atoms with van der Waals surface area (Å²) in [5.74, 6) is -0.495. The molecule has 1 aliphatic heterocycles. The monoisotopic (exact) mass is 424 g/mol. The first-order valence-electron chi connectivity index (χ1n) is 9.78. The van der Waals surface area contributed by atoms with Crippen LogP contribution in [0.25, 0.3) is 11.0 Å². The van der Waals surface area contributed by atoms with E-state index in [2.05, 4.69) is 9.97 Å². The molecule has 0 bridgehead atoms. The molecule has 8 heteroatoms. The Kier molecular flexibility index (Phi) is 5.55. The van der Waals surface area contributed by atoms with Crippen molar-refractivity contribution >= 4 is 34.4 Å². The van der Waals surface area contributed by atoms with E-state index in [4.69, 9.17) is 11.6 Å². The van der Waals surface area contributed by atoms with Crippen LogP contribution in [0.3, 0.4) is 0 Å². The quantitative estimate of drug-likeness (QED) is 0.685. The van der Waals surface area contributed by atoms with Gasteiger partial charge in [0, 0.05) is 38.1 Å². The largest absolute Gasteiger partial charge is 0.345 e. The maximum Gasteiger partial charge on any atom is 0.259 e. The van der Waals surface area contributed by atoms with Gasteiger partial charge in [0.25, 0.3) is 11.8 Å². The van der Waals surface area contributed by atoms with Gasteiger partial charge in [0.2, 0.25) is 5.43 Å². The fourth-order valence-corrected chi connectivity index (χ4v) is 3.88. The van der Waals surface area contributed by atoms with Gasteiger partial charge >= 0.3 is 0 Å². The van der Waals surface area contributed by atoms with E-state index in [1.54, 1.807) is 46.2 Å². The minimum atomic E-state index is -0.342. The number of halogens is 1. The average Bonchev–Trinajstić information content (AvgIpc) is 3.00. The van der Waals surface area contributed by atoms with Crippen molar-refractivity contribution in [3.8, 4) is 0 Å². The summed E-state index contributed by atoms with van der Waals surface area (Å²) in [6.07, 6.45) is 2.05. The summed E-state index contributed by atoms with van der Waals surface area (Å²) in [5.41, 5.74) is 1.44. The second kappa shape index (κ2) is 8.28. The van der Waals surface area contributed by atoms with Crippen LogP contribution in [0, 0.1) is 6.92 Å². The SMILES string of the molecule is Cc1ccc2c(=O)c(C(=O)N3CCCN(C(=O)c4ccccc4Cl)CC3)c[nH]c2n1. The lowest BCUT2D eigenvalue weighted by Gasteiger charge is -2.22. The third-order valence-corrected chi connectivity index (χ3v) is 5.61. The average molecular weight is 425 g/mol. The lowest BCUT2D eigenvalue weighted by molar-refractivity contribution is 0.0718. The van der Waals surface area contributed by atoms with Gasteiger partial charge in [0.05, 0.1) is 16.0 Å². The van der Waals surface area contributed by atoms with E-state index in [0.717, 1.165) is 5.69 Å². The van der Waals surface area contributed by atoms with Gasteiger partial charge in [-0.15, -0.1) is 0 Å². The molecule has 0 unspecified atom stereocenters. The number of hydrogen-bond acceptors (Lipinski definition) is 4. The Hall–Kier alpha value is -3.19. The lowest BCUT2D eigenvalue weighted by atomic mass is 10.1. The second-order valence-electron chi connectivity index (χ2n) is 7.30. The van der Waals surface area contributed by atoms with Crippen molar-refractivity contribution in [2.75, 3.05) is 26.2 Å². The number of H-pyrrole nitrogens is 1. The van der Waals surface area contributed by atoms with Gasteiger partial charge in [0.1, 0.15) is 11.2 Å². The smallest absolute Gasteiger partial charge is 0.259 e. The fraction of sp³-hybridized carbons (Fsp3) is 0.273. The molecule has 0 saturated carbocycles. The molecule has 0 spiro atoms. The molecule has 2 aromatic heterocycles. The molecule has 30 heavy (non-hydrogen) atoms. The number of nitrogens with one attached hydrogen (secondary N) is 1. The molecule has 7 nitrogen and oxygen atoms in total. The van der Waals surface area contributed by atoms with Gasteiger partial charge in [-0.2, -0.15) is 0 Å². The van der Waals surface area contributed by atoms with Crippen molar-refractivity contribution in [3.63, 3.8) is 0 Å². The number of hydrogen-bond donors (Lipinski definition) is 1. The maximum atomic E-state index is 13.0. The minimum Gasteiger partial charge on any atom is -0.345 e. The van der Waals surface area contributed by atoms with E-state index in [1.165, 1.54) is 6.20 Å². The zero-order valence-corrected chi connectivity index (χ0v) is 17.3. The van der Waals surface area contributed by atoms with Gasteiger partial charge in [-0.05, 0) is 37.6 Å². The second-order valence-corrected chi connectivity index (χ2v) is 7.71. The molecule has 154 valence electrons. The highest BCUT2D eigenvalue weighted by Crippen LogP contribution is 2.18. The Labute approximate surface area is 178 Å². The van der Waals surface area contributed by atoms with E-state index >= 15 is 0 Å². The highest BCUT2D eigenvalue weighted by molar-refractivity contribution is 6.33. The molecule has 1 aromatic carbocycles. The molecule has 4 rings (SSSR count). The highest BCUT2D eigenvalue weighted by Gasteiger charge is 2.26. The molecule has 3 aromatic rings. The number of pyridine rings is 2. The van der Waals surface area contributed by atoms with E-state index < -0.39 is 0 Å². The van der Waals surface area contributed by atoms with Gasteiger partial charge in [-0.25, -0.2) is 4.98 Å². The number of fused-ring (bicyclic) bond motifs is 1. The lowest BCUT2D eigenvalue weighted by Crippen LogP contribution is -2.39. The Bertz CT molecular complexity index is 1190. The van der Waals surface area contributed by atoms with Crippen molar-refractivity contribution in [2.24, 2.45) is 0 Å². The molecule has 0 radical (unpaired) electrons. The van der Waals surface area contributed by atoms with Crippen LogP contribution in [0.15, 0.2) is 47.4 Å². The molecule has 2 amide bonds. The number of benzene rings is 1. The number of aryl methyl sites for hydroxylation is 1. The topological polar surface area (TPSA) is 86.4 Å². The maximum absolute atomic E-state index is 13.0. The molecule has 1 N–H and O–H groups in total. The summed E-state index contributed by atoms with van der Waals surface area (Å²) >= 11 is 6.16. The van der Waals surface area contributed by atoms with Crippen molar-refractivity contribution < 1.29 is 9.59 Å². The number of aromatic amines is 1. The molecule has 1 saturated heterocycles. The Morgan fingerprint density at radius 1 is 0.967 bits per heavy atom.